The van der Waals surface area contributed by atoms with E-state index >= 15 is 0 Å². The SMILES string of the molecule is Cc1sc(CN2CCNCC2)nc1-c1ccc(F)cn1. The minimum atomic E-state index is -0.317. The van der Waals surface area contributed by atoms with Gasteiger partial charge in [-0.3, -0.25) is 9.88 Å². The fraction of sp³-hybridized carbons (Fsp3) is 0.429. The van der Waals surface area contributed by atoms with Crippen LogP contribution in [-0.2, 0) is 6.54 Å². The van der Waals surface area contributed by atoms with E-state index in [9.17, 15) is 4.39 Å². The minimum Gasteiger partial charge on any atom is -0.314 e. The topological polar surface area (TPSA) is 41.0 Å². The molecule has 6 heteroatoms. The average Bonchev–Trinajstić information content (AvgIpc) is 2.81. The summed E-state index contributed by atoms with van der Waals surface area (Å²) in [4.78, 5) is 12.3. The summed E-state index contributed by atoms with van der Waals surface area (Å²) in [6, 6.07) is 3.11. The molecule has 0 radical (unpaired) electrons. The maximum absolute atomic E-state index is 12.9. The van der Waals surface area contributed by atoms with Crippen molar-refractivity contribution in [1.29, 1.82) is 0 Å². The number of hydrogen-bond acceptors (Lipinski definition) is 5. The van der Waals surface area contributed by atoms with Gasteiger partial charge in [-0.25, -0.2) is 9.37 Å². The van der Waals surface area contributed by atoms with Crippen molar-refractivity contribution < 1.29 is 4.39 Å². The Morgan fingerprint density at radius 3 is 2.85 bits per heavy atom. The second kappa shape index (κ2) is 5.95. The number of halogens is 1. The average molecular weight is 292 g/mol. The van der Waals surface area contributed by atoms with Gasteiger partial charge in [-0.15, -0.1) is 11.3 Å². The quantitative estimate of drug-likeness (QED) is 0.940. The molecule has 2 aromatic heterocycles. The molecule has 2 aromatic rings. The molecule has 20 heavy (non-hydrogen) atoms. The summed E-state index contributed by atoms with van der Waals surface area (Å²) in [6.45, 7) is 7.12. The second-order valence-corrected chi connectivity index (χ2v) is 6.19. The van der Waals surface area contributed by atoms with Crippen molar-refractivity contribution in [3.05, 3.63) is 34.0 Å². The lowest BCUT2D eigenvalue weighted by molar-refractivity contribution is 0.233. The monoisotopic (exact) mass is 292 g/mol. The van der Waals surface area contributed by atoms with Gasteiger partial charge in [0.25, 0.3) is 0 Å². The molecule has 0 unspecified atom stereocenters. The van der Waals surface area contributed by atoms with Gasteiger partial charge in [0.1, 0.15) is 16.5 Å². The van der Waals surface area contributed by atoms with Gasteiger partial charge in [0.05, 0.1) is 18.4 Å². The molecule has 0 bridgehead atoms. The van der Waals surface area contributed by atoms with E-state index in [1.54, 1.807) is 17.4 Å². The molecular formula is C14H17FN4S. The molecule has 3 heterocycles. The first-order valence-corrected chi connectivity index (χ1v) is 7.55. The number of nitrogens with one attached hydrogen (secondary N) is 1. The van der Waals surface area contributed by atoms with Crippen molar-refractivity contribution in [1.82, 2.24) is 20.2 Å². The number of aryl methyl sites for hydroxylation is 1. The largest absolute Gasteiger partial charge is 0.314 e. The molecule has 0 amide bonds. The molecule has 1 aliphatic rings. The Balaban J connectivity index is 1.78. The normalized spacial score (nSPS) is 16.5. The second-order valence-electron chi connectivity index (χ2n) is 4.90. The van der Waals surface area contributed by atoms with Crippen molar-refractivity contribution in [2.75, 3.05) is 26.2 Å². The fourth-order valence-corrected chi connectivity index (χ4v) is 3.32. The zero-order chi connectivity index (χ0) is 13.9. The first kappa shape index (κ1) is 13.6. The van der Waals surface area contributed by atoms with Gasteiger partial charge in [-0.05, 0) is 19.1 Å². The van der Waals surface area contributed by atoms with Crippen LogP contribution in [0, 0.1) is 12.7 Å². The van der Waals surface area contributed by atoms with E-state index in [0.29, 0.717) is 0 Å². The molecule has 1 N–H and O–H groups in total. The lowest BCUT2D eigenvalue weighted by Crippen LogP contribution is -2.42. The highest BCUT2D eigenvalue weighted by molar-refractivity contribution is 7.12. The highest BCUT2D eigenvalue weighted by atomic mass is 32.1. The first-order valence-electron chi connectivity index (χ1n) is 6.73. The molecule has 0 aliphatic carbocycles. The summed E-state index contributed by atoms with van der Waals surface area (Å²) in [5.74, 6) is -0.317. The zero-order valence-corrected chi connectivity index (χ0v) is 12.2. The maximum Gasteiger partial charge on any atom is 0.141 e. The van der Waals surface area contributed by atoms with Gasteiger partial charge >= 0.3 is 0 Å². The maximum atomic E-state index is 12.9. The Morgan fingerprint density at radius 1 is 1.35 bits per heavy atom. The first-order chi connectivity index (χ1) is 9.72. The van der Waals surface area contributed by atoms with E-state index in [2.05, 4.69) is 20.2 Å². The summed E-state index contributed by atoms with van der Waals surface area (Å²) >= 11 is 1.70. The number of pyridine rings is 1. The Morgan fingerprint density at radius 2 is 2.15 bits per heavy atom. The van der Waals surface area contributed by atoms with Crippen LogP contribution in [0.2, 0.25) is 0 Å². The number of aromatic nitrogens is 2. The van der Waals surface area contributed by atoms with Crippen molar-refractivity contribution >= 4 is 11.3 Å². The van der Waals surface area contributed by atoms with Gasteiger partial charge < -0.3 is 5.32 Å². The number of hydrogen-bond donors (Lipinski definition) is 1. The molecule has 4 nitrogen and oxygen atoms in total. The van der Waals surface area contributed by atoms with Crippen LogP contribution in [0.5, 0.6) is 0 Å². The molecule has 0 saturated carbocycles. The van der Waals surface area contributed by atoms with E-state index in [0.717, 1.165) is 54.0 Å². The number of thiazole rings is 1. The smallest absolute Gasteiger partial charge is 0.141 e. The zero-order valence-electron chi connectivity index (χ0n) is 11.4. The van der Waals surface area contributed by atoms with E-state index in [-0.39, 0.29) is 5.82 Å². The summed E-state index contributed by atoms with van der Waals surface area (Å²) in [7, 11) is 0. The van der Waals surface area contributed by atoms with Crippen LogP contribution < -0.4 is 5.32 Å². The van der Waals surface area contributed by atoms with Gasteiger partial charge in [-0.2, -0.15) is 0 Å². The molecular weight excluding hydrogens is 275 g/mol. The van der Waals surface area contributed by atoms with Crippen LogP contribution in [0.3, 0.4) is 0 Å². The van der Waals surface area contributed by atoms with Gasteiger partial charge in [-0.1, -0.05) is 0 Å². The van der Waals surface area contributed by atoms with Gasteiger partial charge in [0, 0.05) is 31.1 Å². The third-order valence-electron chi connectivity index (χ3n) is 3.38. The Bertz CT molecular complexity index is 575. The fourth-order valence-electron chi connectivity index (χ4n) is 2.33. The van der Waals surface area contributed by atoms with Crippen LogP contribution in [0.15, 0.2) is 18.3 Å². The highest BCUT2D eigenvalue weighted by Crippen LogP contribution is 2.26. The summed E-state index contributed by atoms with van der Waals surface area (Å²) in [5.41, 5.74) is 1.62. The van der Waals surface area contributed by atoms with Crippen molar-refractivity contribution in [2.24, 2.45) is 0 Å². The van der Waals surface area contributed by atoms with E-state index < -0.39 is 0 Å². The summed E-state index contributed by atoms with van der Waals surface area (Å²) < 4.78 is 12.9. The molecule has 3 rings (SSSR count). The van der Waals surface area contributed by atoms with Crippen LogP contribution in [0.1, 0.15) is 9.88 Å². The van der Waals surface area contributed by atoms with Crippen molar-refractivity contribution in [3.8, 4) is 11.4 Å². The molecule has 1 saturated heterocycles. The summed E-state index contributed by atoms with van der Waals surface area (Å²) in [5, 5.41) is 4.45. The number of rotatable bonds is 3. The molecule has 1 fully saturated rings. The van der Waals surface area contributed by atoms with Crippen LogP contribution in [0.25, 0.3) is 11.4 Å². The molecule has 0 aromatic carbocycles. The van der Waals surface area contributed by atoms with Gasteiger partial charge in [0.15, 0.2) is 0 Å². The Hall–Kier alpha value is -1.37. The molecule has 0 atom stereocenters. The van der Waals surface area contributed by atoms with E-state index in [1.165, 1.54) is 12.3 Å². The third kappa shape index (κ3) is 3.03. The van der Waals surface area contributed by atoms with Crippen molar-refractivity contribution in [2.45, 2.75) is 13.5 Å². The molecule has 0 spiro atoms. The predicted molar refractivity (Wildman–Crippen MR) is 78.2 cm³/mol. The van der Waals surface area contributed by atoms with E-state index in [4.69, 9.17) is 0 Å². The van der Waals surface area contributed by atoms with Crippen LogP contribution >= 0.6 is 11.3 Å². The van der Waals surface area contributed by atoms with Gasteiger partial charge in [0.2, 0.25) is 0 Å². The predicted octanol–water partition coefficient (Wildman–Crippen LogP) is 2.06. The highest BCUT2D eigenvalue weighted by Gasteiger charge is 2.15. The Kier molecular flexibility index (Phi) is 4.05. The van der Waals surface area contributed by atoms with E-state index in [1.807, 2.05) is 6.92 Å². The van der Waals surface area contributed by atoms with Crippen molar-refractivity contribution in [3.63, 3.8) is 0 Å². The van der Waals surface area contributed by atoms with Crippen LogP contribution in [0.4, 0.5) is 4.39 Å². The minimum absolute atomic E-state index is 0.317. The molecule has 1 aliphatic heterocycles. The summed E-state index contributed by atoms with van der Waals surface area (Å²) in [6.07, 6.45) is 1.24. The number of piperazine rings is 1. The van der Waals surface area contributed by atoms with Crippen LogP contribution in [-0.4, -0.2) is 41.0 Å². The standard InChI is InChI=1S/C14H17FN4S/c1-10-14(12-3-2-11(15)8-17-12)18-13(20-10)9-19-6-4-16-5-7-19/h2-3,8,16H,4-7,9H2,1H3. The lowest BCUT2D eigenvalue weighted by atomic mass is 10.2. The number of nitrogens with zero attached hydrogens (tertiary/aromatic N) is 3. The Labute approximate surface area is 121 Å². The lowest BCUT2D eigenvalue weighted by Gasteiger charge is -2.26. The molecule has 106 valence electrons. The third-order valence-corrected chi connectivity index (χ3v) is 4.33.